The second kappa shape index (κ2) is 18.7. The smallest absolute Gasteiger partial charge is 0.313 e. The molecule has 0 aromatic rings. The van der Waals surface area contributed by atoms with Crippen LogP contribution in [0.25, 0.3) is 0 Å². The molecule has 0 aromatic carbocycles. The summed E-state index contributed by atoms with van der Waals surface area (Å²) in [6.07, 6.45) is 0. The van der Waals surface area contributed by atoms with Crippen molar-refractivity contribution in [1.29, 1.82) is 0 Å². The van der Waals surface area contributed by atoms with E-state index in [1.54, 1.807) is 0 Å². The molecule has 0 heterocycles. The largest absolute Gasteiger partial charge is 0.481 e. The van der Waals surface area contributed by atoms with Gasteiger partial charge >= 0.3 is 11.9 Å². The highest BCUT2D eigenvalue weighted by atomic mass is 32.1. The predicted octanol–water partition coefficient (Wildman–Crippen LogP) is -3.07. The lowest BCUT2D eigenvalue weighted by molar-refractivity contribution is -0.134. The summed E-state index contributed by atoms with van der Waals surface area (Å²) >= 11 is 6.83. The Balaban J connectivity index is -0.000000471. The summed E-state index contributed by atoms with van der Waals surface area (Å²) in [5, 5.41) is 69.5. The molecule has 0 aliphatic rings. The van der Waals surface area contributed by atoms with Gasteiger partial charge in [0.1, 0.15) is 0 Å². The van der Waals surface area contributed by atoms with Crippen molar-refractivity contribution < 1.29 is 55.2 Å². The Morgan fingerprint density at radius 3 is 0.926 bits per heavy atom. The highest BCUT2D eigenvalue weighted by Gasteiger charge is 2.32. The summed E-state index contributed by atoms with van der Waals surface area (Å²) in [4.78, 5) is 18.6. The Labute approximate surface area is 168 Å². The third-order valence-corrected chi connectivity index (χ3v) is 3.64. The number of aliphatic hydroxyl groups excluding tert-OH is 6. The van der Waals surface area contributed by atoms with Gasteiger partial charge in [-0.1, -0.05) is 0 Å². The summed E-state index contributed by atoms with van der Waals surface area (Å²) in [5.41, 5.74) is -2.32. The van der Waals surface area contributed by atoms with Crippen LogP contribution in [0.1, 0.15) is 0 Å². The van der Waals surface area contributed by atoms with Gasteiger partial charge in [-0.2, -0.15) is 25.3 Å². The second-order valence-corrected chi connectivity index (χ2v) is 6.18. The summed E-state index contributed by atoms with van der Waals surface area (Å²) in [6.45, 7) is -3.01. The Bertz CT molecular complexity index is 324. The number of aliphatic carboxylic acids is 2. The summed E-state index contributed by atoms with van der Waals surface area (Å²) in [7, 11) is 0. The van der Waals surface area contributed by atoms with Crippen LogP contribution in [0, 0.1) is 10.8 Å². The van der Waals surface area contributed by atoms with E-state index in [-0.39, 0.29) is 24.7 Å². The summed E-state index contributed by atoms with van der Waals surface area (Å²) in [6, 6.07) is 0. The fourth-order valence-corrected chi connectivity index (χ4v) is 1.06. The Kier molecular flexibility index (Phi) is 21.5. The molecule has 13 heteroatoms. The first-order valence-corrected chi connectivity index (χ1v) is 8.76. The molecule has 164 valence electrons. The minimum atomic E-state index is -1.16. The molecule has 0 aromatic heterocycles. The predicted molar refractivity (Wildman–Crippen MR) is 101 cm³/mol. The quantitative estimate of drug-likeness (QED) is 0.138. The molecule has 8 N–H and O–H groups in total. The number of carboxylic acid groups (broad SMARTS) is 2. The van der Waals surface area contributed by atoms with Crippen LogP contribution in [0.15, 0.2) is 0 Å². The maximum atomic E-state index is 9.29. The van der Waals surface area contributed by atoms with E-state index in [2.05, 4.69) is 25.3 Å². The van der Waals surface area contributed by atoms with Crippen molar-refractivity contribution >= 4 is 37.2 Å². The van der Waals surface area contributed by atoms with Gasteiger partial charge in [-0.15, -0.1) is 0 Å². The number of rotatable bonds is 12. The third kappa shape index (κ3) is 16.1. The van der Waals surface area contributed by atoms with E-state index in [0.29, 0.717) is 0 Å². The molecule has 0 aliphatic heterocycles. The van der Waals surface area contributed by atoms with Crippen molar-refractivity contribution in [2.45, 2.75) is 0 Å². The standard InChI is InChI=1S/C10H22O7.2C2H4O2S/c11-1-9(2-12,3-13)7-17-8-10(4-14,5-15)6-16;2*3-2(4)1-5/h11-16H,1-8H2;2*5H,1H2,(H,3,4). The number of carboxylic acids is 2. The number of carbonyl (C=O) groups is 2. The lowest BCUT2D eigenvalue weighted by atomic mass is 9.91. The third-order valence-electron chi connectivity index (χ3n) is 3.10. The minimum absolute atomic E-state index is 0.0833. The van der Waals surface area contributed by atoms with Gasteiger partial charge in [0.05, 0.1) is 75.2 Å². The van der Waals surface area contributed by atoms with Crippen molar-refractivity contribution in [3.05, 3.63) is 0 Å². The molecule has 0 radical (unpaired) electrons. The molecule has 0 atom stereocenters. The van der Waals surface area contributed by atoms with Crippen LogP contribution in [0.2, 0.25) is 0 Å². The SMILES string of the molecule is O=C(O)CS.O=C(O)CS.OCC(CO)(CO)COCC(CO)(CO)CO. The van der Waals surface area contributed by atoms with Gasteiger partial charge in [0.25, 0.3) is 0 Å². The van der Waals surface area contributed by atoms with Crippen LogP contribution in [-0.4, -0.2) is 117 Å². The van der Waals surface area contributed by atoms with Gasteiger partial charge < -0.3 is 45.6 Å². The van der Waals surface area contributed by atoms with Gasteiger partial charge in [0.2, 0.25) is 0 Å². The van der Waals surface area contributed by atoms with E-state index < -0.39 is 62.4 Å². The molecule has 0 unspecified atom stereocenters. The summed E-state index contributed by atoms with van der Waals surface area (Å²) in [5.74, 6) is -1.93. The molecular weight excluding hydrogens is 408 g/mol. The van der Waals surface area contributed by atoms with Crippen molar-refractivity contribution in [1.82, 2.24) is 0 Å². The minimum Gasteiger partial charge on any atom is -0.481 e. The Morgan fingerprint density at radius 2 is 0.815 bits per heavy atom. The van der Waals surface area contributed by atoms with Crippen LogP contribution in [-0.2, 0) is 14.3 Å². The monoisotopic (exact) mass is 438 g/mol. The first-order chi connectivity index (χ1) is 12.6. The molecule has 0 fully saturated rings. The normalized spacial score (nSPS) is 11.0. The second-order valence-electron chi connectivity index (χ2n) is 5.55. The van der Waals surface area contributed by atoms with Gasteiger partial charge in [0.15, 0.2) is 0 Å². The molecule has 0 aliphatic carbocycles. The fourth-order valence-electron chi connectivity index (χ4n) is 1.06. The van der Waals surface area contributed by atoms with Crippen molar-refractivity contribution in [2.24, 2.45) is 10.8 Å². The van der Waals surface area contributed by atoms with E-state index in [9.17, 15) is 9.59 Å². The first-order valence-electron chi connectivity index (χ1n) is 7.50. The van der Waals surface area contributed by atoms with Crippen molar-refractivity contribution in [3.8, 4) is 0 Å². The number of thiol groups is 2. The molecule has 0 saturated heterocycles. The molecule has 0 saturated carbocycles. The lowest BCUT2D eigenvalue weighted by Gasteiger charge is -2.31. The maximum Gasteiger partial charge on any atom is 0.313 e. The molecule has 27 heavy (non-hydrogen) atoms. The van der Waals surface area contributed by atoms with Crippen LogP contribution < -0.4 is 0 Å². The lowest BCUT2D eigenvalue weighted by Crippen LogP contribution is -2.43. The van der Waals surface area contributed by atoms with Crippen LogP contribution in [0.3, 0.4) is 0 Å². The zero-order valence-electron chi connectivity index (χ0n) is 14.8. The van der Waals surface area contributed by atoms with Crippen molar-refractivity contribution in [3.63, 3.8) is 0 Å². The van der Waals surface area contributed by atoms with E-state index >= 15 is 0 Å². The molecule has 0 rings (SSSR count). The van der Waals surface area contributed by atoms with Gasteiger partial charge in [0, 0.05) is 0 Å². The number of aliphatic hydroxyl groups is 6. The zero-order valence-corrected chi connectivity index (χ0v) is 16.6. The first kappa shape index (κ1) is 31.1. The molecule has 0 amide bonds. The van der Waals surface area contributed by atoms with Gasteiger partial charge in [-0.3, -0.25) is 9.59 Å². The van der Waals surface area contributed by atoms with Gasteiger partial charge in [-0.25, -0.2) is 0 Å². The topological polar surface area (TPSA) is 205 Å². The average Bonchev–Trinajstić information content (AvgIpc) is 2.70. The number of hydrogen-bond acceptors (Lipinski definition) is 11. The van der Waals surface area contributed by atoms with Crippen LogP contribution in [0.5, 0.6) is 0 Å². The van der Waals surface area contributed by atoms with Gasteiger partial charge in [-0.05, 0) is 0 Å². The average molecular weight is 439 g/mol. The van der Waals surface area contributed by atoms with E-state index in [1.165, 1.54) is 0 Å². The zero-order chi connectivity index (χ0) is 21.9. The van der Waals surface area contributed by atoms with Crippen molar-refractivity contribution in [2.75, 3.05) is 64.4 Å². The molecule has 0 bridgehead atoms. The van der Waals surface area contributed by atoms with E-state index in [4.69, 9.17) is 45.6 Å². The highest BCUT2D eigenvalue weighted by molar-refractivity contribution is 7.81. The fraction of sp³-hybridized carbons (Fsp3) is 0.857. The van der Waals surface area contributed by atoms with Crippen LogP contribution in [0.4, 0.5) is 0 Å². The Hall–Kier alpha value is -0.640. The molecule has 11 nitrogen and oxygen atoms in total. The number of ether oxygens (including phenoxy) is 1. The van der Waals surface area contributed by atoms with Crippen LogP contribution >= 0.6 is 25.3 Å². The maximum absolute atomic E-state index is 9.29. The highest BCUT2D eigenvalue weighted by Crippen LogP contribution is 2.19. The molecule has 0 spiro atoms. The molecular formula is C14H30O11S2. The number of hydrogen-bond donors (Lipinski definition) is 10. The summed E-state index contributed by atoms with van der Waals surface area (Å²) < 4.78 is 5.15. The van der Waals surface area contributed by atoms with E-state index in [0.717, 1.165) is 0 Å². The van der Waals surface area contributed by atoms with E-state index in [1.807, 2.05) is 0 Å². The Morgan fingerprint density at radius 1 is 0.630 bits per heavy atom.